The summed E-state index contributed by atoms with van der Waals surface area (Å²) in [7, 11) is 0. The second-order valence-corrected chi connectivity index (χ2v) is 6.18. The van der Waals surface area contributed by atoms with E-state index in [1.807, 2.05) is 6.07 Å². The number of carbonyl (C=O) groups excluding carboxylic acids is 1. The Labute approximate surface area is 127 Å². The van der Waals surface area contributed by atoms with E-state index >= 15 is 0 Å². The van der Waals surface area contributed by atoms with Gasteiger partial charge in [0.2, 0.25) is 5.91 Å². The first-order valence-corrected chi connectivity index (χ1v) is 8.05. The minimum atomic E-state index is -0.0751. The van der Waals surface area contributed by atoms with Gasteiger partial charge in [-0.2, -0.15) is 5.10 Å². The van der Waals surface area contributed by atoms with Gasteiger partial charge in [-0.1, -0.05) is 6.42 Å². The van der Waals surface area contributed by atoms with Gasteiger partial charge in [0.15, 0.2) is 5.13 Å². The minimum absolute atomic E-state index is 0.0751. The molecule has 1 aliphatic heterocycles. The molecule has 1 unspecified atom stereocenters. The molecule has 0 radical (unpaired) electrons. The van der Waals surface area contributed by atoms with Crippen molar-refractivity contribution >= 4 is 22.4 Å². The van der Waals surface area contributed by atoms with E-state index < -0.39 is 0 Å². The predicted molar refractivity (Wildman–Crippen MR) is 82.0 cm³/mol. The van der Waals surface area contributed by atoms with Crippen LogP contribution in [0, 0.1) is 0 Å². The molecular weight excluding hydrogens is 286 g/mol. The highest BCUT2D eigenvalue weighted by molar-refractivity contribution is 7.13. The van der Waals surface area contributed by atoms with Gasteiger partial charge in [-0.15, -0.1) is 11.3 Å². The van der Waals surface area contributed by atoms with Crippen LogP contribution in [-0.4, -0.2) is 32.5 Å². The number of carbonyl (C=O) groups is 1. The zero-order valence-electron chi connectivity index (χ0n) is 12.0. The summed E-state index contributed by atoms with van der Waals surface area (Å²) < 4.78 is 0. The zero-order chi connectivity index (χ0) is 14.7. The summed E-state index contributed by atoms with van der Waals surface area (Å²) in [6, 6.07) is 2.33. The number of anilines is 1. The van der Waals surface area contributed by atoms with Crippen LogP contribution in [-0.2, 0) is 11.3 Å². The van der Waals surface area contributed by atoms with Crippen LogP contribution >= 0.6 is 11.3 Å². The van der Waals surface area contributed by atoms with Crippen LogP contribution in [0.4, 0.5) is 5.13 Å². The van der Waals surface area contributed by atoms with Gasteiger partial charge in [-0.05, 0) is 25.5 Å². The molecular formula is C14H19N5OS. The molecule has 21 heavy (non-hydrogen) atoms. The van der Waals surface area contributed by atoms with Gasteiger partial charge < -0.3 is 5.32 Å². The minimum Gasteiger partial charge on any atom is -0.302 e. The molecule has 1 saturated heterocycles. The third-order valence-corrected chi connectivity index (χ3v) is 4.47. The van der Waals surface area contributed by atoms with Crippen molar-refractivity contribution in [3.05, 3.63) is 29.0 Å². The Bertz CT molecular complexity index is 594. The highest BCUT2D eigenvalue weighted by Gasteiger charge is 2.26. The zero-order valence-corrected chi connectivity index (χ0v) is 12.8. The Hall–Kier alpha value is -1.73. The van der Waals surface area contributed by atoms with E-state index in [-0.39, 0.29) is 5.91 Å². The first kappa shape index (κ1) is 14.2. The standard InChI is InChI=1S/C14H19N5OS/c1-10(20)16-14-17-12(9-21-14)13-4-2-3-7-19(13)8-11-5-6-15-18-11/h5-6,9,13H,2-4,7-8H2,1H3,(H,15,18)(H,16,17,20). The van der Waals surface area contributed by atoms with E-state index in [1.54, 1.807) is 6.20 Å². The molecule has 112 valence electrons. The molecule has 0 bridgehead atoms. The second kappa shape index (κ2) is 6.36. The second-order valence-electron chi connectivity index (χ2n) is 5.32. The number of piperidine rings is 1. The normalized spacial score (nSPS) is 19.6. The van der Waals surface area contributed by atoms with Crippen molar-refractivity contribution in [2.24, 2.45) is 0 Å². The van der Waals surface area contributed by atoms with Crippen molar-refractivity contribution in [1.29, 1.82) is 0 Å². The fourth-order valence-corrected chi connectivity index (χ4v) is 3.56. The van der Waals surface area contributed by atoms with E-state index in [0.717, 1.165) is 30.9 Å². The monoisotopic (exact) mass is 305 g/mol. The van der Waals surface area contributed by atoms with Gasteiger partial charge in [0, 0.05) is 30.7 Å². The molecule has 2 aromatic rings. The molecule has 0 spiro atoms. The summed E-state index contributed by atoms with van der Waals surface area (Å²) in [4.78, 5) is 18.1. The summed E-state index contributed by atoms with van der Waals surface area (Å²) in [5.74, 6) is -0.0751. The maximum absolute atomic E-state index is 11.1. The van der Waals surface area contributed by atoms with Gasteiger partial charge in [0.25, 0.3) is 0 Å². The van der Waals surface area contributed by atoms with Crippen LogP contribution in [0.5, 0.6) is 0 Å². The van der Waals surface area contributed by atoms with E-state index in [1.165, 1.54) is 31.1 Å². The number of amides is 1. The molecule has 1 amide bonds. The number of likely N-dealkylation sites (tertiary alicyclic amines) is 1. The molecule has 2 aromatic heterocycles. The molecule has 7 heteroatoms. The number of hydrogen-bond acceptors (Lipinski definition) is 5. The topological polar surface area (TPSA) is 73.9 Å². The van der Waals surface area contributed by atoms with Crippen molar-refractivity contribution in [1.82, 2.24) is 20.1 Å². The van der Waals surface area contributed by atoms with Gasteiger partial charge >= 0.3 is 0 Å². The number of aromatic amines is 1. The molecule has 1 fully saturated rings. The van der Waals surface area contributed by atoms with Crippen molar-refractivity contribution < 1.29 is 4.79 Å². The van der Waals surface area contributed by atoms with Gasteiger partial charge in [0.05, 0.1) is 11.7 Å². The number of hydrogen-bond donors (Lipinski definition) is 2. The molecule has 6 nitrogen and oxygen atoms in total. The van der Waals surface area contributed by atoms with E-state index in [2.05, 4.69) is 30.8 Å². The third kappa shape index (κ3) is 3.48. The summed E-state index contributed by atoms with van der Waals surface area (Å²) in [5, 5.41) is 12.5. The highest BCUT2D eigenvalue weighted by Crippen LogP contribution is 2.33. The van der Waals surface area contributed by atoms with Crippen LogP contribution in [0.25, 0.3) is 0 Å². The van der Waals surface area contributed by atoms with Crippen molar-refractivity contribution in [2.75, 3.05) is 11.9 Å². The third-order valence-electron chi connectivity index (χ3n) is 3.69. The Morgan fingerprint density at radius 3 is 3.24 bits per heavy atom. The fraction of sp³-hybridized carbons (Fsp3) is 0.500. The molecule has 2 N–H and O–H groups in total. The predicted octanol–water partition coefficient (Wildman–Crippen LogP) is 2.55. The molecule has 3 heterocycles. The Balaban J connectivity index is 1.74. The number of H-pyrrole nitrogens is 1. The van der Waals surface area contributed by atoms with Crippen LogP contribution in [0.3, 0.4) is 0 Å². The van der Waals surface area contributed by atoms with E-state index in [0.29, 0.717) is 11.2 Å². The lowest BCUT2D eigenvalue weighted by molar-refractivity contribution is -0.114. The lowest BCUT2D eigenvalue weighted by Crippen LogP contribution is -2.33. The first-order chi connectivity index (χ1) is 10.2. The summed E-state index contributed by atoms with van der Waals surface area (Å²) in [6.45, 7) is 3.43. The summed E-state index contributed by atoms with van der Waals surface area (Å²) >= 11 is 1.49. The molecule has 0 aromatic carbocycles. The van der Waals surface area contributed by atoms with Crippen molar-refractivity contribution in [2.45, 2.75) is 38.8 Å². The van der Waals surface area contributed by atoms with Crippen LogP contribution in [0.1, 0.15) is 43.6 Å². The van der Waals surface area contributed by atoms with Crippen LogP contribution < -0.4 is 5.32 Å². The Morgan fingerprint density at radius 1 is 1.57 bits per heavy atom. The number of nitrogens with zero attached hydrogens (tertiary/aromatic N) is 3. The molecule has 1 aliphatic rings. The first-order valence-electron chi connectivity index (χ1n) is 7.17. The van der Waals surface area contributed by atoms with Gasteiger partial charge in [-0.3, -0.25) is 14.8 Å². The maximum atomic E-state index is 11.1. The van der Waals surface area contributed by atoms with Crippen molar-refractivity contribution in [3.63, 3.8) is 0 Å². The fourth-order valence-electron chi connectivity index (χ4n) is 2.75. The number of thiazole rings is 1. The lowest BCUT2D eigenvalue weighted by Gasteiger charge is -2.34. The summed E-state index contributed by atoms with van der Waals surface area (Å²) in [5.41, 5.74) is 2.18. The number of nitrogens with one attached hydrogen (secondary N) is 2. The number of aromatic nitrogens is 3. The molecule has 3 rings (SSSR count). The SMILES string of the molecule is CC(=O)Nc1nc(C2CCCCN2Cc2ccn[nH]2)cs1. The highest BCUT2D eigenvalue weighted by atomic mass is 32.1. The Morgan fingerprint density at radius 2 is 2.48 bits per heavy atom. The Kier molecular flexibility index (Phi) is 4.31. The van der Waals surface area contributed by atoms with E-state index in [4.69, 9.17) is 0 Å². The van der Waals surface area contributed by atoms with Crippen LogP contribution in [0.2, 0.25) is 0 Å². The lowest BCUT2D eigenvalue weighted by atomic mass is 10.00. The molecule has 0 aliphatic carbocycles. The maximum Gasteiger partial charge on any atom is 0.223 e. The number of rotatable bonds is 4. The van der Waals surface area contributed by atoms with Crippen LogP contribution in [0.15, 0.2) is 17.6 Å². The van der Waals surface area contributed by atoms with Crippen molar-refractivity contribution in [3.8, 4) is 0 Å². The molecule has 1 atom stereocenters. The smallest absolute Gasteiger partial charge is 0.223 e. The van der Waals surface area contributed by atoms with E-state index in [9.17, 15) is 4.79 Å². The van der Waals surface area contributed by atoms with Gasteiger partial charge in [-0.25, -0.2) is 4.98 Å². The quantitative estimate of drug-likeness (QED) is 0.910. The molecule has 0 saturated carbocycles. The van der Waals surface area contributed by atoms with Gasteiger partial charge in [0.1, 0.15) is 0 Å². The average Bonchev–Trinajstić information content (AvgIpc) is 3.11. The largest absolute Gasteiger partial charge is 0.302 e. The summed E-state index contributed by atoms with van der Waals surface area (Å²) in [6.07, 6.45) is 5.33. The average molecular weight is 305 g/mol.